The van der Waals surface area contributed by atoms with Crippen molar-refractivity contribution < 1.29 is 14.3 Å². The third-order valence-corrected chi connectivity index (χ3v) is 6.45. The van der Waals surface area contributed by atoms with Gasteiger partial charge in [-0.3, -0.25) is 14.5 Å². The summed E-state index contributed by atoms with van der Waals surface area (Å²) in [4.78, 5) is 28.4. The van der Waals surface area contributed by atoms with Crippen molar-refractivity contribution in [1.29, 1.82) is 0 Å². The highest BCUT2D eigenvalue weighted by Crippen LogP contribution is 2.42. The Bertz CT molecular complexity index is 847. The van der Waals surface area contributed by atoms with Crippen molar-refractivity contribution in [3.8, 4) is 5.75 Å². The van der Waals surface area contributed by atoms with E-state index in [9.17, 15) is 9.59 Å². The number of para-hydroxylation sites is 1. The molecule has 1 aromatic carbocycles. The van der Waals surface area contributed by atoms with Gasteiger partial charge in [-0.05, 0) is 51.5 Å². The summed E-state index contributed by atoms with van der Waals surface area (Å²) >= 11 is 0. The summed E-state index contributed by atoms with van der Waals surface area (Å²) in [6.07, 6.45) is 4.50. The number of aliphatic imine (C=N–C) groups is 1. The molecule has 2 aliphatic heterocycles. The highest BCUT2D eigenvalue weighted by atomic mass is 16.5. The molecule has 31 heavy (non-hydrogen) atoms. The number of nitrogens with one attached hydrogen (secondary N) is 1. The van der Waals surface area contributed by atoms with E-state index in [0.717, 1.165) is 30.7 Å². The van der Waals surface area contributed by atoms with Gasteiger partial charge in [0.2, 0.25) is 12.3 Å². The quantitative estimate of drug-likeness (QED) is 0.703. The van der Waals surface area contributed by atoms with E-state index in [1.165, 1.54) is 12.8 Å². The average molecular weight is 429 g/mol. The molecule has 2 atom stereocenters. The maximum atomic E-state index is 11.7. The van der Waals surface area contributed by atoms with Gasteiger partial charge in [-0.25, -0.2) is 4.99 Å². The maximum Gasteiger partial charge on any atom is 0.231 e. The van der Waals surface area contributed by atoms with Gasteiger partial charge in [0.1, 0.15) is 11.4 Å². The third kappa shape index (κ3) is 5.57. The van der Waals surface area contributed by atoms with Gasteiger partial charge in [-0.15, -0.1) is 0 Å². The first-order chi connectivity index (χ1) is 14.5. The van der Waals surface area contributed by atoms with Crippen molar-refractivity contribution in [2.24, 2.45) is 22.6 Å². The predicted molar refractivity (Wildman–Crippen MR) is 122 cm³/mol. The molecule has 3 N–H and O–H groups in total. The summed E-state index contributed by atoms with van der Waals surface area (Å²) in [6, 6.07) is 7.96. The first-order valence-electron chi connectivity index (χ1n) is 11.2. The minimum absolute atomic E-state index is 0.0462. The van der Waals surface area contributed by atoms with Gasteiger partial charge in [-0.1, -0.05) is 32.0 Å². The Morgan fingerprint density at radius 2 is 1.97 bits per heavy atom. The van der Waals surface area contributed by atoms with Crippen LogP contribution >= 0.6 is 0 Å². The number of guanidine groups is 1. The maximum absolute atomic E-state index is 11.7. The Balaban J connectivity index is 0.000000179. The standard InChI is InChI=1S/C14H19NO2.C10H17N3O/c1-10(2)14(3)8-12(15-9-16)11-6-4-5-7-13(11)17-14;1-10(2)5-8(14)13(9(11)12-10)6-7-3-4-7/h4-7,9-10,12H,8H2,1-3H3,(H,15,16);7H,3-6H2,1-2H3,(H2,11,12). The number of hydrogen-bond acceptors (Lipinski definition) is 5. The third-order valence-electron chi connectivity index (χ3n) is 6.45. The first-order valence-corrected chi connectivity index (χ1v) is 11.2. The summed E-state index contributed by atoms with van der Waals surface area (Å²) in [5.74, 6) is 2.46. The van der Waals surface area contributed by atoms with E-state index >= 15 is 0 Å². The van der Waals surface area contributed by atoms with Gasteiger partial charge < -0.3 is 15.8 Å². The summed E-state index contributed by atoms with van der Waals surface area (Å²) in [6.45, 7) is 11.0. The van der Waals surface area contributed by atoms with Crippen LogP contribution in [0.2, 0.25) is 0 Å². The zero-order chi connectivity index (χ0) is 22.8. The molecule has 3 aliphatic rings. The van der Waals surface area contributed by atoms with Crippen molar-refractivity contribution in [3.63, 3.8) is 0 Å². The Labute approximate surface area is 185 Å². The molecule has 0 aromatic heterocycles. The summed E-state index contributed by atoms with van der Waals surface area (Å²) < 4.78 is 6.10. The van der Waals surface area contributed by atoms with Crippen LogP contribution in [0.5, 0.6) is 5.75 Å². The monoisotopic (exact) mass is 428 g/mol. The van der Waals surface area contributed by atoms with Gasteiger partial charge in [0.05, 0.1) is 18.0 Å². The molecule has 1 fully saturated rings. The number of carbonyl (C=O) groups is 2. The van der Waals surface area contributed by atoms with Gasteiger partial charge in [0.15, 0.2) is 5.96 Å². The van der Waals surface area contributed by atoms with E-state index in [1.807, 2.05) is 38.1 Å². The Morgan fingerprint density at radius 3 is 2.55 bits per heavy atom. The van der Waals surface area contributed by atoms with Crippen LogP contribution in [0.4, 0.5) is 0 Å². The number of carbonyl (C=O) groups excluding carboxylic acids is 2. The lowest BCUT2D eigenvalue weighted by molar-refractivity contribution is -0.129. The van der Waals surface area contributed by atoms with E-state index in [-0.39, 0.29) is 23.1 Å². The number of amides is 2. The van der Waals surface area contributed by atoms with Crippen molar-refractivity contribution in [2.75, 3.05) is 6.54 Å². The minimum atomic E-state index is -0.318. The van der Waals surface area contributed by atoms with Crippen LogP contribution in [0, 0.1) is 11.8 Å². The molecule has 2 unspecified atom stereocenters. The van der Waals surface area contributed by atoms with Gasteiger partial charge in [-0.2, -0.15) is 0 Å². The molecule has 2 amide bonds. The second-order valence-corrected chi connectivity index (χ2v) is 10.1. The van der Waals surface area contributed by atoms with Crippen LogP contribution in [0.15, 0.2) is 29.3 Å². The minimum Gasteiger partial charge on any atom is -0.487 e. The lowest BCUT2D eigenvalue weighted by atomic mass is 9.81. The van der Waals surface area contributed by atoms with Crippen molar-refractivity contribution in [3.05, 3.63) is 29.8 Å². The van der Waals surface area contributed by atoms with E-state index in [0.29, 0.717) is 24.2 Å². The van der Waals surface area contributed by atoms with E-state index < -0.39 is 0 Å². The summed E-state index contributed by atoms with van der Waals surface area (Å²) in [5.41, 5.74) is 6.30. The highest BCUT2D eigenvalue weighted by molar-refractivity contribution is 5.99. The molecule has 0 radical (unpaired) electrons. The van der Waals surface area contributed by atoms with Crippen LogP contribution in [-0.2, 0) is 9.59 Å². The zero-order valence-electron chi connectivity index (χ0n) is 19.4. The largest absolute Gasteiger partial charge is 0.487 e. The number of fused-ring (bicyclic) bond motifs is 1. The van der Waals surface area contributed by atoms with E-state index in [1.54, 1.807) is 4.90 Å². The summed E-state index contributed by atoms with van der Waals surface area (Å²) in [7, 11) is 0. The number of rotatable bonds is 5. The molecule has 4 rings (SSSR count). The molecule has 0 bridgehead atoms. The smallest absolute Gasteiger partial charge is 0.231 e. The van der Waals surface area contributed by atoms with Crippen LogP contribution in [0.25, 0.3) is 0 Å². The van der Waals surface area contributed by atoms with Crippen LogP contribution in [-0.4, -0.2) is 40.9 Å². The number of hydrogen-bond donors (Lipinski definition) is 2. The second-order valence-electron chi connectivity index (χ2n) is 10.1. The fraction of sp³-hybridized carbons (Fsp3) is 0.625. The predicted octanol–water partition coefficient (Wildman–Crippen LogP) is 3.39. The van der Waals surface area contributed by atoms with Crippen molar-refractivity contribution in [1.82, 2.24) is 10.2 Å². The number of benzene rings is 1. The topological polar surface area (TPSA) is 97.0 Å². The van der Waals surface area contributed by atoms with Crippen LogP contribution in [0.3, 0.4) is 0 Å². The van der Waals surface area contributed by atoms with Crippen LogP contribution < -0.4 is 15.8 Å². The van der Waals surface area contributed by atoms with Gasteiger partial charge in [0.25, 0.3) is 0 Å². The number of ether oxygens (including phenoxy) is 1. The average Bonchev–Trinajstić information content (AvgIpc) is 3.49. The molecule has 0 spiro atoms. The van der Waals surface area contributed by atoms with Crippen LogP contribution in [0.1, 0.15) is 71.9 Å². The molecular formula is C24H36N4O3. The molecule has 1 aliphatic carbocycles. The molecule has 7 heteroatoms. The number of nitrogens with zero attached hydrogens (tertiary/aromatic N) is 2. The Kier molecular flexibility index (Phi) is 6.62. The molecule has 1 aromatic rings. The summed E-state index contributed by atoms with van der Waals surface area (Å²) in [5, 5.41) is 2.89. The lowest BCUT2D eigenvalue weighted by Crippen LogP contribution is -2.50. The number of nitrogens with two attached hydrogens (primary N) is 1. The molecule has 2 heterocycles. The van der Waals surface area contributed by atoms with Crippen molar-refractivity contribution >= 4 is 18.3 Å². The fourth-order valence-corrected chi connectivity index (χ4v) is 4.01. The molecular weight excluding hydrogens is 392 g/mol. The SMILES string of the molecule is CC(C)C1(C)CC(NC=O)c2ccccc2O1.CC1(C)CC(=O)N(CC2CC2)C(N)=N1. The fourth-order valence-electron chi connectivity index (χ4n) is 4.01. The second kappa shape index (κ2) is 8.89. The molecule has 0 saturated heterocycles. The van der Waals surface area contributed by atoms with Gasteiger partial charge in [0, 0.05) is 18.5 Å². The zero-order valence-corrected chi connectivity index (χ0v) is 19.4. The van der Waals surface area contributed by atoms with E-state index in [2.05, 4.69) is 31.1 Å². The van der Waals surface area contributed by atoms with E-state index in [4.69, 9.17) is 10.5 Å². The Morgan fingerprint density at radius 1 is 1.29 bits per heavy atom. The van der Waals surface area contributed by atoms with Crippen molar-refractivity contribution in [2.45, 2.75) is 77.5 Å². The molecule has 7 nitrogen and oxygen atoms in total. The molecule has 170 valence electrons. The van der Waals surface area contributed by atoms with Gasteiger partial charge >= 0.3 is 0 Å². The molecule has 1 saturated carbocycles. The normalized spacial score (nSPS) is 26.8. The first kappa shape index (κ1) is 23.1. The highest BCUT2D eigenvalue weighted by Gasteiger charge is 2.39. The Hall–Kier alpha value is -2.57. The lowest BCUT2D eigenvalue weighted by Gasteiger charge is -2.42.